The molecule has 0 radical (unpaired) electrons. The number of likely N-dealkylation sites (tertiary alicyclic amines) is 1. The van der Waals surface area contributed by atoms with Crippen LogP contribution in [0.25, 0.3) is 0 Å². The van der Waals surface area contributed by atoms with Crippen molar-refractivity contribution in [2.45, 2.75) is 58.0 Å². The van der Waals surface area contributed by atoms with E-state index in [-0.39, 0.29) is 0 Å². The smallest absolute Gasteiger partial charge is 0.0345 e. The Hall–Kier alpha value is -1.02. The summed E-state index contributed by atoms with van der Waals surface area (Å²) in [5.74, 6) is 0.926. The monoisotopic (exact) mass is 272 g/mol. The van der Waals surface area contributed by atoms with E-state index in [2.05, 4.69) is 41.4 Å². The zero-order chi connectivity index (χ0) is 13.8. The van der Waals surface area contributed by atoms with Crippen molar-refractivity contribution in [3.8, 4) is 0 Å². The van der Waals surface area contributed by atoms with Crippen molar-refractivity contribution in [1.82, 2.24) is 4.90 Å². The first-order valence-electron chi connectivity index (χ1n) is 8.37. The number of benzene rings is 1. The van der Waals surface area contributed by atoms with Crippen molar-refractivity contribution in [1.29, 1.82) is 0 Å². The molecule has 1 N–H and O–H groups in total. The molecule has 1 aliphatic carbocycles. The van der Waals surface area contributed by atoms with Gasteiger partial charge in [0.25, 0.3) is 0 Å². The summed E-state index contributed by atoms with van der Waals surface area (Å²) in [4.78, 5) is 2.57. The second-order valence-electron chi connectivity index (χ2n) is 6.78. The van der Waals surface area contributed by atoms with Gasteiger partial charge in [0, 0.05) is 18.3 Å². The Morgan fingerprint density at radius 3 is 2.60 bits per heavy atom. The van der Waals surface area contributed by atoms with E-state index in [0.29, 0.717) is 6.04 Å². The number of nitrogens with one attached hydrogen (secondary N) is 1. The highest BCUT2D eigenvalue weighted by atomic mass is 15.1. The lowest BCUT2D eigenvalue weighted by molar-refractivity contribution is 0.331. The molecular formula is C18H28N2. The lowest BCUT2D eigenvalue weighted by Crippen LogP contribution is -2.25. The third-order valence-electron chi connectivity index (χ3n) is 4.92. The molecule has 0 aromatic heterocycles. The van der Waals surface area contributed by atoms with Crippen LogP contribution < -0.4 is 5.32 Å². The average Bonchev–Trinajstić information content (AvgIpc) is 2.95. The Morgan fingerprint density at radius 2 is 1.85 bits per heavy atom. The van der Waals surface area contributed by atoms with Gasteiger partial charge in [0.2, 0.25) is 0 Å². The maximum atomic E-state index is 3.75. The molecule has 1 saturated heterocycles. The fourth-order valence-electron chi connectivity index (χ4n) is 3.60. The predicted molar refractivity (Wildman–Crippen MR) is 86.0 cm³/mol. The third kappa shape index (κ3) is 3.76. The van der Waals surface area contributed by atoms with E-state index in [1.165, 1.54) is 62.9 Å². The minimum Gasteiger partial charge on any atom is -0.382 e. The first-order valence-corrected chi connectivity index (χ1v) is 8.37. The largest absolute Gasteiger partial charge is 0.382 e. The van der Waals surface area contributed by atoms with Crippen LogP contribution in [0.1, 0.15) is 51.0 Å². The third-order valence-corrected chi connectivity index (χ3v) is 4.92. The van der Waals surface area contributed by atoms with Crippen LogP contribution in [-0.4, -0.2) is 24.0 Å². The molecule has 1 aliphatic heterocycles. The van der Waals surface area contributed by atoms with Crippen LogP contribution in [0.5, 0.6) is 0 Å². The fourth-order valence-corrected chi connectivity index (χ4v) is 3.60. The summed E-state index contributed by atoms with van der Waals surface area (Å²) in [5, 5.41) is 3.75. The molecule has 0 amide bonds. The molecule has 2 heteroatoms. The standard InChI is InChI=1S/C18H28N2/c1-15-7-9-17(10-8-15)19-18-6-4-5-16(13-18)14-20-11-2-3-12-20/h4-6,13,15,17,19H,2-3,7-12,14H2,1H3. The van der Waals surface area contributed by atoms with Crippen LogP contribution in [0.15, 0.2) is 24.3 Å². The molecule has 3 rings (SSSR count). The van der Waals surface area contributed by atoms with Crippen molar-refractivity contribution in [2.75, 3.05) is 18.4 Å². The molecule has 1 heterocycles. The van der Waals surface area contributed by atoms with Crippen LogP contribution in [0.3, 0.4) is 0 Å². The van der Waals surface area contributed by atoms with Gasteiger partial charge in [0.05, 0.1) is 0 Å². The van der Waals surface area contributed by atoms with Crippen LogP contribution in [0, 0.1) is 5.92 Å². The molecule has 110 valence electrons. The van der Waals surface area contributed by atoms with E-state index in [9.17, 15) is 0 Å². The number of hydrogen-bond acceptors (Lipinski definition) is 2. The predicted octanol–water partition coefficient (Wildman–Crippen LogP) is 4.27. The Balaban J connectivity index is 1.56. The molecule has 0 unspecified atom stereocenters. The molecule has 20 heavy (non-hydrogen) atoms. The maximum absolute atomic E-state index is 3.75. The minimum absolute atomic E-state index is 0.688. The minimum atomic E-state index is 0.688. The van der Waals surface area contributed by atoms with E-state index in [1.807, 2.05) is 0 Å². The van der Waals surface area contributed by atoms with Gasteiger partial charge in [0.15, 0.2) is 0 Å². The van der Waals surface area contributed by atoms with E-state index >= 15 is 0 Å². The van der Waals surface area contributed by atoms with Crippen molar-refractivity contribution in [2.24, 2.45) is 5.92 Å². The van der Waals surface area contributed by atoms with Crippen LogP contribution in [0.4, 0.5) is 5.69 Å². The highest BCUT2D eigenvalue weighted by Gasteiger charge is 2.18. The van der Waals surface area contributed by atoms with Gasteiger partial charge in [-0.2, -0.15) is 0 Å². The number of nitrogens with zero attached hydrogens (tertiary/aromatic N) is 1. The number of rotatable bonds is 4. The first-order chi connectivity index (χ1) is 9.79. The van der Waals surface area contributed by atoms with E-state index in [0.717, 1.165) is 12.5 Å². The van der Waals surface area contributed by atoms with E-state index in [1.54, 1.807) is 0 Å². The first kappa shape index (κ1) is 13.9. The van der Waals surface area contributed by atoms with Crippen LogP contribution >= 0.6 is 0 Å². The van der Waals surface area contributed by atoms with Crippen molar-refractivity contribution < 1.29 is 0 Å². The summed E-state index contributed by atoms with van der Waals surface area (Å²) in [6.45, 7) is 6.06. The highest BCUT2D eigenvalue weighted by Crippen LogP contribution is 2.26. The Morgan fingerprint density at radius 1 is 1.10 bits per heavy atom. The highest BCUT2D eigenvalue weighted by molar-refractivity contribution is 5.46. The second kappa shape index (κ2) is 6.62. The molecule has 0 spiro atoms. The van der Waals surface area contributed by atoms with Gasteiger partial charge in [-0.15, -0.1) is 0 Å². The summed E-state index contributed by atoms with van der Waals surface area (Å²) in [6, 6.07) is 9.75. The van der Waals surface area contributed by atoms with Gasteiger partial charge in [-0.05, 0) is 75.2 Å². The zero-order valence-corrected chi connectivity index (χ0v) is 12.8. The van der Waals surface area contributed by atoms with Crippen LogP contribution in [-0.2, 0) is 6.54 Å². The van der Waals surface area contributed by atoms with Gasteiger partial charge in [-0.25, -0.2) is 0 Å². The molecule has 2 nitrogen and oxygen atoms in total. The fraction of sp³-hybridized carbons (Fsp3) is 0.667. The number of hydrogen-bond donors (Lipinski definition) is 1. The van der Waals surface area contributed by atoms with E-state index in [4.69, 9.17) is 0 Å². The topological polar surface area (TPSA) is 15.3 Å². The lowest BCUT2D eigenvalue weighted by atomic mass is 9.87. The Bertz CT molecular complexity index is 415. The average molecular weight is 272 g/mol. The molecule has 2 fully saturated rings. The van der Waals surface area contributed by atoms with Crippen molar-refractivity contribution in [3.63, 3.8) is 0 Å². The normalized spacial score (nSPS) is 27.6. The van der Waals surface area contributed by atoms with Crippen molar-refractivity contribution >= 4 is 5.69 Å². The molecule has 1 saturated carbocycles. The van der Waals surface area contributed by atoms with Crippen molar-refractivity contribution in [3.05, 3.63) is 29.8 Å². The van der Waals surface area contributed by atoms with Gasteiger partial charge in [-0.1, -0.05) is 19.1 Å². The summed E-state index contributed by atoms with van der Waals surface area (Å²) in [5.41, 5.74) is 2.78. The van der Waals surface area contributed by atoms with Gasteiger partial charge >= 0.3 is 0 Å². The molecule has 1 aromatic rings. The maximum Gasteiger partial charge on any atom is 0.0345 e. The molecule has 1 aromatic carbocycles. The van der Waals surface area contributed by atoms with Gasteiger partial charge in [-0.3, -0.25) is 4.90 Å². The summed E-state index contributed by atoms with van der Waals surface area (Å²) < 4.78 is 0. The summed E-state index contributed by atoms with van der Waals surface area (Å²) in [6.07, 6.45) is 8.17. The van der Waals surface area contributed by atoms with Gasteiger partial charge in [0.1, 0.15) is 0 Å². The molecular weight excluding hydrogens is 244 g/mol. The number of anilines is 1. The van der Waals surface area contributed by atoms with Gasteiger partial charge < -0.3 is 5.32 Å². The Kier molecular flexibility index (Phi) is 4.62. The lowest BCUT2D eigenvalue weighted by Gasteiger charge is -2.28. The summed E-state index contributed by atoms with van der Waals surface area (Å²) in [7, 11) is 0. The molecule has 0 bridgehead atoms. The molecule has 2 aliphatic rings. The second-order valence-corrected chi connectivity index (χ2v) is 6.78. The summed E-state index contributed by atoms with van der Waals surface area (Å²) >= 11 is 0. The van der Waals surface area contributed by atoms with E-state index < -0.39 is 0 Å². The SMILES string of the molecule is CC1CCC(Nc2cccc(CN3CCCC3)c2)CC1. The zero-order valence-electron chi connectivity index (χ0n) is 12.8. The molecule has 0 atom stereocenters. The van der Waals surface area contributed by atoms with Crippen LogP contribution in [0.2, 0.25) is 0 Å². The Labute approximate surface area is 123 Å². The quantitative estimate of drug-likeness (QED) is 0.880.